The molecule has 1 amide bonds. The predicted molar refractivity (Wildman–Crippen MR) is 122 cm³/mol. The first kappa shape index (κ1) is 25.8. The molecule has 186 valence electrons. The van der Waals surface area contributed by atoms with Crippen LogP contribution in [0.15, 0.2) is 47.4 Å². The molecular formula is C23H28F3N3O4S. The number of piperazine rings is 1. The van der Waals surface area contributed by atoms with Crippen molar-refractivity contribution in [3.05, 3.63) is 53.6 Å². The van der Waals surface area contributed by atoms with E-state index in [1.54, 1.807) is 35.8 Å². The van der Waals surface area contributed by atoms with Crippen molar-refractivity contribution < 1.29 is 31.1 Å². The molecule has 7 nitrogen and oxygen atoms in total. The second-order valence-corrected chi connectivity index (χ2v) is 9.92. The van der Waals surface area contributed by atoms with Crippen molar-refractivity contribution in [3.8, 4) is 5.75 Å². The van der Waals surface area contributed by atoms with Crippen molar-refractivity contribution in [2.45, 2.75) is 24.9 Å². The molecule has 34 heavy (non-hydrogen) atoms. The lowest BCUT2D eigenvalue weighted by Gasteiger charge is -2.37. The number of nitrogens with zero attached hydrogens (tertiary/aromatic N) is 3. The fourth-order valence-electron chi connectivity index (χ4n) is 3.87. The summed E-state index contributed by atoms with van der Waals surface area (Å²) in [6.45, 7) is 4.47. The number of carbonyl (C=O) groups is 1. The first-order valence-corrected chi connectivity index (χ1v) is 12.3. The van der Waals surface area contributed by atoms with E-state index in [-0.39, 0.29) is 37.0 Å². The molecule has 3 rings (SSSR count). The Balaban J connectivity index is 1.65. The number of carbonyl (C=O) groups excluding carboxylic acids is 1. The van der Waals surface area contributed by atoms with Gasteiger partial charge in [0.25, 0.3) is 0 Å². The minimum absolute atomic E-state index is 0.0785. The van der Waals surface area contributed by atoms with Crippen LogP contribution in [0.4, 0.5) is 18.9 Å². The van der Waals surface area contributed by atoms with Gasteiger partial charge < -0.3 is 14.5 Å². The summed E-state index contributed by atoms with van der Waals surface area (Å²) in [7, 11) is -2.39. The van der Waals surface area contributed by atoms with Crippen molar-refractivity contribution in [2.24, 2.45) is 0 Å². The molecule has 0 unspecified atom stereocenters. The molecule has 0 radical (unpaired) electrons. The number of hydrogen-bond donors (Lipinski definition) is 0. The summed E-state index contributed by atoms with van der Waals surface area (Å²) in [6, 6.07) is 9.62. The lowest BCUT2D eigenvalue weighted by molar-refractivity contribution is -0.137. The number of sulfonamides is 1. The van der Waals surface area contributed by atoms with Gasteiger partial charge in [0.15, 0.2) is 0 Å². The van der Waals surface area contributed by atoms with Crippen molar-refractivity contribution in [1.29, 1.82) is 0 Å². The number of anilines is 1. The fraction of sp³-hybridized carbons (Fsp3) is 0.435. The zero-order valence-corrected chi connectivity index (χ0v) is 20.1. The van der Waals surface area contributed by atoms with Gasteiger partial charge >= 0.3 is 6.18 Å². The number of alkyl halides is 3. The highest BCUT2D eigenvalue weighted by Gasteiger charge is 2.32. The molecule has 11 heteroatoms. The fourth-order valence-corrected chi connectivity index (χ4v) is 5.36. The Morgan fingerprint density at radius 3 is 2.32 bits per heavy atom. The standard InChI is InChI=1S/C23H28F3N3O4S/c1-4-29(34(31,32)20-8-9-21(33-3)17(2)14-20)16-22(30)28-12-10-27(11-13-28)19-7-5-6-18(15-19)23(24,25)26/h5-9,14-15H,4,10-13,16H2,1-3H3. The molecule has 0 N–H and O–H groups in total. The molecular weight excluding hydrogens is 471 g/mol. The SMILES string of the molecule is CCN(CC(=O)N1CCN(c2cccc(C(F)(F)F)c2)CC1)S(=O)(=O)c1ccc(OC)c(C)c1. The summed E-state index contributed by atoms with van der Waals surface area (Å²) in [4.78, 5) is 16.3. The van der Waals surface area contributed by atoms with E-state index in [0.29, 0.717) is 30.1 Å². The maximum Gasteiger partial charge on any atom is 0.416 e. The van der Waals surface area contributed by atoms with Crippen molar-refractivity contribution in [1.82, 2.24) is 9.21 Å². The quantitative estimate of drug-likeness (QED) is 0.584. The molecule has 1 saturated heterocycles. The summed E-state index contributed by atoms with van der Waals surface area (Å²) in [5.41, 5.74) is 0.382. The Bertz CT molecular complexity index is 1130. The van der Waals surface area contributed by atoms with Crippen LogP contribution in [0.2, 0.25) is 0 Å². The molecule has 0 spiro atoms. The number of benzene rings is 2. The van der Waals surface area contributed by atoms with E-state index >= 15 is 0 Å². The third-order valence-electron chi connectivity index (χ3n) is 5.84. The van der Waals surface area contributed by atoms with Gasteiger partial charge in [0.1, 0.15) is 5.75 Å². The highest BCUT2D eigenvalue weighted by atomic mass is 32.2. The van der Waals surface area contributed by atoms with Crippen LogP contribution in [-0.2, 0) is 21.0 Å². The minimum Gasteiger partial charge on any atom is -0.496 e. The van der Waals surface area contributed by atoms with E-state index in [1.165, 1.54) is 25.3 Å². The first-order chi connectivity index (χ1) is 16.0. The van der Waals surface area contributed by atoms with Crippen molar-refractivity contribution in [2.75, 3.05) is 51.3 Å². The van der Waals surface area contributed by atoms with Crippen LogP contribution in [0.3, 0.4) is 0 Å². The zero-order chi connectivity index (χ0) is 25.1. The summed E-state index contributed by atoms with van der Waals surface area (Å²) in [5.74, 6) is 0.219. The minimum atomic E-state index is -4.43. The summed E-state index contributed by atoms with van der Waals surface area (Å²) < 4.78 is 71.5. The Kier molecular flexibility index (Phi) is 7.77. The van der Waals surface area contributed by atoms with Crippen LogP contribution in [0, 0.1) is 6.92 Å². The zero-order valence-electron chi connectivity index (χ0n) is 19.3. The first-order valence-electron chi connectivity index (χ1n) is 10.8. The predicted octanol–water partition coefficient (Wildman–Crippen LogP) is 3.38. The van der Waals surface area contributed by atoms with Crippen molar-refractivity contribution >= 4 is 21.6 Å². The van der Waals surface area contributed by atoms with Gasteiger partial charge in [-0.1, -0.05) is 13.0 Å². The second kappa shape index (κ2) is 10.2. The highest BCUT2D eigenvalue weighted by Crippen LogP contribution is 2.32. The smallest absolute Gasteiger partial charge is 0.416 e. The van der Waals surface area contributed by atoms with Crippen LogP contribution in [0.25, 0.3) is 0 Å². The number of methoxy groups -OCH3 is 1. The van der Waals surface area contributed by atoms with Gasteiger partial charge in [0.05, 0.1) is 24.1 Å². The Morgan fingerprint density at radius 1 is 1.09 bits per heavy atom. The number of rotatable bonds is 7. The van der Waals surface area contributed by atoms with Crippen molar-refractivity contribution in [3.63, 3.8) is 0 Å². The summed E-state index contributed by atoms with van der Waals surface area (Å²) in [6.07, 6.45) is -4.43. The van der Waals surface area contributed by atoms with Gasteiger partial charge in [-0.15, -0.1) is 0 Å². The monoisotopic (exact) mass is 499 g/mol. The number of amides is 1. The maximum atomic E-state index is 13.1. The number of aryl methyl sites for hydroxylation is 1. The normalized spacial score (nSPS) is 15.0. The average molecular weight is 500 g/mol. The molecule has 0 aliphatic carbocycles. The molecule has 0 atom stereocenters. The second-order valence-electron chi connectivity index (χ2n) is 7.98. The average Bonchev–Trinajstić information content (AvgIpc) is 2.81. The highest BCUT2D eigenvalue weighted by molar-refractivity contribution is 7.89. The topological polar surface area (TPSA) is 70.2 Å². The molecule has 0 aromatic heterocycles. The third kappa shape index (κ3) is 5.64. The Hall–Kier alpha value is -2.79. The van der Waals surface area contributed by atoms with Gasteiger partial charge in [0, 0.05) is 38.4 Å². The number of ether oxygens (including phenoxy) is 1. The number of halogens is 3. The lowest BCUT2D eigenvalue weighted by atomic mass is 10.1. The molecule has 1 fully saturated rings. The van der Waals surface area contributed by atoms with Gasteiger partial charge in [-0.3, -0.25) is 4.79 Å². The number of hydrogen-bond acceptors (Lipinski definition) is 5. The van der Waals surface area contributed by atoms with Gasteiger partial charge in [-0.05, 0) is 48.9 Å². The Morgan fingerprint density at radius 2 is 1.76 bits per heavy atom. The van der Waals surface area contributed by atoms with Crippen LogP contribution >= 0.6 is 0 Å². The molecule has 0 saturated carbocycles. The molecule has 1 aliphatic heterocycles. The maximum absolute atomic E-state index is 13.1. The molecule has 1 aliphatic rings. The van der Waals surface area contributed by atoms with E-state index in [1.807, 2.05) is 0 Å². The van der Waals surface area contributed by atoms with Gasteiger partial charge in [-0.25, -0.2) is 8.42 Å². The van der Waals surface area contributed by atoms with Crippen LogP contribution in [0.5, 0.6) is 5.75 Å². The van der Waals surface area contributed by atoms with Gasteiger partial charge in [0.2, 0.25) is 15.9 Å². The van der Waals surface area contributed by atoms with Crippen LogP contribution in [0.1, 0.15) is 18.1 Å². The molecule has 2 aromatic carbocycles. The van der Waals surface area contributed by atoms with Crippen LogP contribution in [-0.4, -0.2) is 69.9 Å². The molecule has 1 heterocycles. The summed E-state index contributed by atoms with van der Waals surface area (Å²) in [5, 5.41) is 0. The van der Waals surface area contributed by atoms with E-state index in [9.17, 15) is 26.4 Å². The largest absolute Gasteiger partial charge is 0.496 e. The van der Waals surface area contributed by atoms with Crippen LogP contribution < -0.4 is 9.64 Å². The number of likely N-dealkylation sites (N-methyl/N-ethyl adjacent to an activating group) is 1. The van der Waals surface area contributed by atoms with E-state index < -0.39 is 21.8 Å². The van der Waals surface area contributed by atoms with Gasteiger partial charge in [-0.2, -0.15) is 17.5 Å². The molecule has 2 aromatic rings. The van der Waals surface area contributed by atoms with E-state index in [4.69, 9.17) is 4.74 Å². The lowest BCUT2D eigenvalue weighted by Crippen LogP contribution is -2.51. The molecule has 0 bridgehead atoms. The van der Waals surface area contributed by atoms with E-state index in [0.717, 1.165) is 16.4 Å². The van der Waals surface area contributed by atoms with E-state index in [2.05, 4.69) is 0 Å². The Labute approximate surface area is 197 Å². The third-order valence-corrected chi connectivity index (χ3v) is 7.76. The summed E-state index contributed by atoms with van der Waals surface area (Å²) >= 11 is 0.